The third kappa shape index (κ3) is 1.94. The van der Waals surface area contributed by atoms with E-state index in [0.29, 0.717) is 0 Å². The van der Waals surface area contributed by atoms with Gasteiger partial charge in [-0.05, 0) is 12.1 Å². The maximum Gasteiger partial charge on any atom is 0.374 e. The number of carboxylic acids is 1. The van der Waals surface area contributed by atoms with Gasteiger partial charge in [0, 0.05) is 11.6 Å². The summed E-state index contributed by atoms with van der Waals surface area (Å²) >= 11 is 0. The number of alkyl halides is 2. The van der Waals surface area contributed by atoms with Crippen LogP contribution >= 0.6 is 0 Å². The fourth-order valence-electron chi connectivity index (χ4n) is 1.85. The van der Waals surface area contributed by atoms with Crippen LogP contribution in [-0.4, -0.2) is 23.0 Å². The second kappa shape index (κ2) is 4.48. The summed E-state index contributed by atoms with van der Waals surface area (Å²) in [6, 6.07) is 3.48. The number of nitrogens with zero attached hydrogens (tertiary/aromatic N) is 1. The first-order valence-corrected chi connectivity index (χ1v) is 5.48. The third-order valence-electron chi connectivity index (χ3n) is 2.74. The number of aromatic carboxylic acids is 1. The van der Waals surface area contributed by atoms with Crippen molar-refractivity contribution in [3.05, 3.63) is 29.5 Å². The average Bonchev–Trinajstić information content (AvgIpc) is 3.06. The number of rotatable bonds is 3. The lowest BCUT2D eigenvalue weighted by atomic mass is 10.1. The second-order valence-corrected chi connectivity index (χ2v) is 3.98. The van der Waals surface area contributed by atoms with Crippen molar-refractivity contribution in [3.8, 4) is 22.8 Å². The predicted octanol–water partition coefficient (Wildman–Crippen LogP) is 2.71. The van der Waals surface area contributed by atoms with Crippen LogP contribution in [0.4, 0.5) is 8.78 Å². The topological polar surface area (TPSA) is 81.8 Å². The van der Waals surface area contributed by atoms with Crippen molar-refractivity contribution in [2.45, 2.75) is 6.43 Å². The van der Waals surface area contributed by atoms with Crippen LogP contribution in [0, 0.1) is 0 Å². The Morgan fingerprint density at radius 1 is 1.30 bits per heavy atom. The number of halogens is 2. The summed E-state index contributed by atoms with van der Waals surface area (Å²) in [6.07, 6.45) is -2.70. The maximum atomic E-state index is 12.8. The number of carbonyl (C=O) groups is 1. The van der Waals surface area contributed by atoms with Gasteiger partial charge in [-0.2, -0.15) is 0 Å². The molecule has 0 amide bonds. The summed E-state index contributed by atoms with van der Waals surface area (Å²) in [5.41, 5.74) is 0.0160. The maximum absolute atomic E-state index is 12.8. The molecule has 6 nitrogen and oxygen atoms in total. The van der Waals surface area contributed by atoms with Crippen LogP contribution in [0.1, 0.15) is 22.5 Å². The van der Waals surface area contributed by atoms with Gasteiger partial charge in [-0.1, -0.05) is 5.16 Å². The molecule has 2 aromatic rings. The molecule has 0 radical (unpaired) electrons. The van der Waals surface area contributed by atoms with Gasteiger partial charge in [0.05, 0.1) is 5.56 Å². The first kappa shape index (κ1) is 12.4. The molecule has 0 saturated carbocycles. The highest BCUT2D eigenvalue weighted by Gasteiger charge is 2.25. The van der Waals surface area contributed by atoms with Crippen LogP contribution in [0.3, 0.4) is 0 Å². The summed E-state index contributed by atoms with van der Waals surface area (Å²) < 4.78 is 40.5. The van der Waals surface area contributed by atoms with Crippen LogP contribution in [0.5, 0.6) is 11.5 Å². The number of hydrogen-bond donors (Lipinski definition) is 1. The lowest BCUT2D eigenvalue weighted by Gasteiger charge is -2.06. The highest BCUT2D eigenvalue weighted by molar-refractivity contribution is 5.86. The zero-order chi connectivity index (χ0) is 14.3. The number of ether oxygens (including phenoxy) is 2. The Labute approximate surface area is 110 Å². The molecule has 1 aromatic carbocycles. The molecule has 1 aromatic heterocycles. The van der Waals surface area contributed by atoms with Gasteiger partial charge in [0.25, 0.3) is 6.43 Å². The normalized spacial score (nSPS) is 12.9. The molecular weight excluding hydrogens is 276 g/mol. The van der Waals surface area contributed by atoms with Gasteiger partial charge in [-0.15, -0.1) is 0 Å². The molecular formula is C12H7F2NO5. The zero-order valence-corrected chi connectivity index (χ0v) is 9.80. The van der Waals surface area contributed by atoms with Gasteiger partial charge in [0.1, 0.15) is 5.69 Å². The molecule has 0 fully saturated rings. The van der Waals surface area contributed by atoms with E-state index < -0.39 is 18.2 Å². The molecule has 1 N–H and O–H groups in total. The van der Waals surface area contributed by atoms with E-state index in [0.717, 1.165) is 6.07 Å². The van der Waals surface area contributed by atoms with Crippen molar-refractivity contribution in [1.29, 1.82) is 0 Å². The highest BCUT2D eigenvalue weighted by atomic mass is 19.3. The minimum atomic E-state index is -2.70. The van der Waals surface area contributed by atoms with E-state index in [4.69, 9.17) is 14.6 Å². The molecule has 0 bridgehead atoms. The number of carboxylic acid groups (broad SMARTS) is 1. The first-order chi connectivity index (χ1) is 9.56. The third-order valence-corrected chi connectivity index (χ3v) is 2.74. The van der Waals surface area contributed by atoms with Gasteiger partial charge in [-0.3, -0.25) is 0 Å². The van der Waals surface area contributed by atoms with Crippen LogP contribution in [0.25, 0.3) is 11.3 Å². The Bertz CT molecular complexity index is 682. The average molecular weight is 283 g/mol. The van der Waals surface area contributed by atoms with Gasteiger partial charge >= 0.3 is 5.97 Å². The molecule has 0 atom stereocenters. The Hall–Kier alpha value is -2.64. The molecule has 8 heteroatoms. The minimum Gasteiger partial charge on any atom is -0.475 e. The molecule has 0 spiro atoms. The summed E-state index contributed by atoms with van der Waals surface area (Å²) in [5, 5.41) is 12.3. The Morgan fingerprint density at radius 3 is 2.75 bits per heavy atom. The summed E-state index contributed by atoms with van der Waals surface area (Å²) in [7, 11) is 0. The number of aromatic nitrogens is 1. The number of benzene rings is 1. The van der Waals surface area contributed by atoms with Crippen molar-refractivity contribution in [1.82, 2.24) is 5.16 Å². The first-order valence-electron chi connectivity index (χ1n) is 5.48. The van der Waals surface area contributed by atoms with Crippen LogP contribution in [-0.2, 0) is 0 Å². The quantitative estimate of drug-likeness (QED) is 0.932. The van der Waals surface area contributed by atoms with Crippen molar-refractivity contribution in [2.24, 2.45) is 0 Å². The molecule has 0 unspecified atom stereocenters. The van der Waals surface area contributed by atoms with Crippen LogP contribution < -0.4 is 9.47 Å². The largest absolute Gasteiger partial charge is 0.475 e. The van der Waals surface area contributed by atoms with Crippen molar-refractivity contribution < 1.29 is 32.7 Å². The zero-order valence-electron chi connectivity index (χ0n) is 9.80. The Morgan fingerprint density at radius 2 is 2.10 bits per heavy atom. The van der Waals surface area contributed by atoms with E-state index in [1.54, 1.807) is 0 Å². The van der Waals surface area contributed by atoms with E-state index in [2.05, 4.69) is 9.68 Å². The monoisotopic (exact) mass is 283 g/mol. The van der Waals surface area contributed by atoms with E-state index >= 15 is 0 Å². The molecule has 104 valence electrons. The highest BCUT2D eigenvalue weighted by Crippen LogP contribution is 2.43. The fourth-order valence-corrected chi connectivity index (χ4v) is 1.85. The van der Waals surface area contributed by atoms with E-state index in [9.17, 15) is 13.6 Å². The Balaban J connectivity index is 2.14. The van der Waals surface area contributed by atoms with E-state index in [-0.39, 0.29) is 35.1 Å². The van der Waals surface area contributed by atoms with Crippen molar-refractivity contribution in [2.75, 3.05) is 6.79 Å². The molecule has 2 heterocycles. The van der Waals surface area contributed by atoms with E-state index in [1.165, 1.54) is 12.1 Å². The molecule has 1 aliphatic rings. The standard InChI is InChI=1S/C12H7F2NO5/c13-11(14)5-1-6(10-8(2-5)18-4-19-10)7-3-9(12(16)17)20-15-7/h1-3,11H,4H2,(H,16,17). The number of fused-ring (bicyclic) bond motifs is 1. The van der Waals surface area contributed by atoms with Gasteiger partial charge in [0.2, 0.25) is 12.6 Å². The predicted molar refractivity (Wildman–Crippen MR) is 60.0 cm³/mol. The molecule has 0 aliphatic carbocycles. The fraction of sp³-hybridized carbons (Fsp3) is 0.167. The SMILES string of the molecule is O=C(O)c1cc(-c2cc(C(F)F)cc3c2OCO3)no1. The summed E-state index contributed by atoms with van der Waals surface area (Å²) in [6.45, 7) is -0.0985. The summed E-state index contributed by atoms with van der Waals surface area (Å²) in [5.74, 6) is -1.30. The van der Waals surface area contributed by atoms with Crippen molar-refractivity contribution >= 4 is 5.97 Å². The summed E-state index contributed by atoms with van der Waals surface area (Å²) in [4.78, 5) is 10.7. The lowest BCUT2D eigenvalue weighted by Crippen LogP contribution is -1.93. The van der Waals surface area contributed by atoms with Crippen LogP contribution in [0.15, 0.2) is 22.7 Å². The molecule has 3 rings (SSSR count). The smallest absolute Gasteiger partial charge is 0.374 e. The molecule has 20 heavy (non-hydrogen) atoms. The van der Waals surface area contributed by atoms with Gasteiger partial charge < -0.3 is 19.1 Å². The van der Waals surface area contributed by atoms with E-state index in [1.807, 2.05) is 0 Å². The van der Waals surface area contributed by atoms with Crippen LogP contribution in [0.2, 0.25) is 0 Å². The van der Waals surface area contributed by atoms with Gasteiger partial charge in [0.15, 0.2) is 11.5 Å². The second-order valence-electron chi connectivity index (χ2n) is 3.98. The molecule has 1 aliphatic heterocycles. The van der Waals surface area contributed by atoms with Crippen molar-refractivity contribution in [3.63, 3.8) is 0 Å². The minimum absolute atomic E-state index is 0.0895. The van der Waals surface area contributed by atoms with Gasteiger partial charge in [-0.25, -0.2) is 13.6 Å². The Kier molecular flexibility index (Phi) is 2.78. The number of hydrogen-bond acceptors (Lipinski definition) is 5. The molecule has 0 saturated heterocycles. The lowest BCUT2D eigenvalue weighted by molar-refractivity contribution is 0.0652.